The Morgan fingerprint density at radius 1 is 1.08 bits per heavy atom. The van der Waals surface area contributed by atoms with Gasteiger partial charge >= 0.3 is 0 Å². The Kier molecular flexibility index (Phi) is 3.25. The number of allylic oxidation sites excluding steroid dienone is 1. The Morgan fingerprint density at radius 3 is 2.46 bits per heavy atom. The molecule has 0 spiro atoms. The largest absolute Gasteiger partial charge is 0.326 e. The SMILES string of the molecule is C1=C(C2CCCCCC2)NNCC1. The molecule has 1 aliphatic heterocycles. The third-order valence-corrected chi connectivity index (χ3v) is 3.16. The van der Waals surface area contributed by atoms with Gasteiger partial charge in [0.05, 0.1) is 0 Å². The van der Waals surface area contributed by atoms with Crippen molar-refractivity contribution in [2.45, 2.75) is 44.9 Å². The van der Waals surface area contributed by atoms with E-state index in [9.17, 15) is 0 Å². The average Bonchev–Trinajstić information content (AvgIpc) is 2.47. The molecule has 2 aliphatic rings. The molecule has 0 aromatic carbocycles. The molecule has 0 atom stereocenters. The van der Waals surface area contributed by atoms with Gasteiger partial charge in [0.2, 0.25) is 0 Å². The average molecular weight is 180 g/mol. The normalized spacial score (nSPS) is 26.0. The Bertz CT molecular complexity index is 179. The van der Waals surface area contributed by atoms with Crippen LogP contribution in [0.4, 0.5) is 0 Å². The molecule has 2 N–H and O–H groups in total. The zero-order valence-corrected chi connectivity index (χ0v) is 8.31. The molecule has 74 valence electrons. The molecule has 1 fully saturated rings. The predicted molar refractivity (Wildman–Crippen MR) is 55.0 cm³/mol. The summed E-state index contributed by atoms with van der Waals surface area (Å²) in [5.41, 5.74) is 8.03. The smallest absolute Gasteiger partial charge is 0.0253 e. The Morgan fingerprint density at radius 2 is 1.85 bits per heavy atom. The van der Waals surface area contributed by atoms with E-state index >= 15 is 0 Å². The van der Waals surface area contributed by atoms with Gasteiger partial charge in [0.15, 0.2) is 0 Å². The Balaban J connectivity index is 1.92. The van der Waals surface area contributed by atoms with E-state index in [0.717, 1.165) is 12.5 Å². The van der Waals surface area contributed by atoms with E-state index in [4.69, 9.17) is 0 Å². The molecular weight excluding hydrogens is 160 g/mol. The van der Waals surface area contributed by atoms with Gasteiger partial charge in [-0.15, -0.1) is 0 Å². The van der Waals surface area contributed by atoms with Gasteiger partial charge in [-0.3, -0.25) is 0 Å². The zero-order chi connectivity index (χ0) is 8.93. The number of hydrogen-bond acceptors (Lipinski definition) is 2. The van der Waals surface area contributed by atoms with Gasteiger partial charge in [-0.2, -0.15) is 0 Å². The second-order valence-corrected chi connectivity index (χ2v) is 4.19. The van der Waals surface area contributed by atoms with Crippen molar-refractivity contribution in [3.8, 4) is 0 Å². The number of hydrogen-bond donors (Lipinski definition) is 2. The molecule has 0 amide bonds. The Hall–Kier alpha value is -0.500. The van der Waals surface area contributed by atoms with Crippen LogP contribution in [0.2, 0.25) is 0 Å². The van der Waals surface area contributed by atoms with E-state index in [1.165, 1.54) is 50.6 Å². The second-order valence-electron chi connectivity index (χ2n) is 4.19. The summed E-state index contributed by atoms with van der Waals surface area (Å²) in [6.45, 7) is 1.08. The first-order valence-electron chi connectivity index (χ1n) is 5.66. The highest BCUT2D eigenvalue weighted by Crippen LogP contribution is 2.27. The first-order valence-corrected chi connectivity index (χ1v) is 5.66. The Labute approximate surface area is 80.8 Å². The first-order chi connectivity index (χ1) is 6.47. The molecule has 1 saturated carbocycles. The summed E-state index contributed by atoms with van der Waals surface area (Å²) in [5, 5.41) is 0. The number of rotatable bonds is 1. The maximum absolute atomic E-state index is 3.33. The van der Waals surface area contributed by atoms with Crippen molar-refractivity contribution in [2.75, 3.05) is 6.54 Å². The molecule has 0 aromatic heterocycles. The van der Waals surface area contributed by atoms with Gasteiger partial charge in [0, 0.05) is 12.2 Å². The van der Waals surface area contributed by atoms with E-state index < -0.39 is 0 Å². The van der Waals surface area contributed by atoms with Crippen LogP contribution in [0, 0.1) is 5.92 Å². The fourth-order valence-electron chi connectivity index (χ4n) is 2.37. The van der Waals surface area contributed by atoms with Gasteiger partial charge in [0.25, 0.3) is 0 Å². The summed E-state index contributed by atoms with van der Waals surface area (Å²) in [6, 6.07) is 0. The molecule has 2 heteroatoms. The van der Waals surface area contributed by atoms with Crippen LogP contribution in [-0.4, -0.2) is 6.54 Å². The van der Waals surface area contributed by atoms with Gasteiger partial charge in [-0.25, -0.2) is 5.43 Å². The lowest BCUT2D eigenvalue weighted by molar-refractivity contribution is 0.443. The minimum atomic E-state index is 0.815. The summed E-state index contributed by atoms with van der Waals surface area (Å²) in [7, 11) is 0. The van der Waals surface area contributed by atoms with Gasteiger partial charge in [-0.05, 0) is 25.2 Å². The van der Waals surface area contributed by atoms with E-state index in [1.54, 1.807) is 0 Å². The number of hydrazine groups is 1. The molecular formula is C11H20N2. The molecule has 1 heterocycles. The van der Waals surface area contributed by atoms with Crippen LogP contribution in [0.15, 0.2) is 11.8 Å². The highest BCUT2D eigenvalue weighted by atomic mass is 15.4. The van der Waals surface area contributed by atoms with Crippen LogP contribution < -0.4 is 10.9 Å². The molecule has 2 nitrogen and oxygen atoms in total. The van der Waals surface area contributed by atoms with E-state index in [1.807, 2.05) is 0 Å². The summed E-state index contributed by atoms with van der Waals surface area (Å²) in [5.74, 6) is 0.815. The van der Waals surface area contributed by atoms with Crippen molar-refractivity contribution in [2.24, 2.45) is 5.92 Å². The van der Waals surface area contributed by atoms with Crippen molar-refractivity contribution in [1.29, 1.82) is 0 Å². The summed E-state index contributed by atoms with van der Waals surface area (Å²) < 4.78 is 0. The third kappa shape index (κ3) is 2.47. The molecule has 0 aromatic rings. The van der Waals surface area contributed by atoms with Crippen molar-refractivity contribution in [3.05, 3.63) is 11.8 Å². The minimum absolute atomic E-state index is 0.815. The molecule has 0 radical (unpaired) electrons. The lowest BCUT2D eigenvalue weighted by Crippen LogP contribution is -2.37. The highest BCUT2D eigenvalue weighted by molar-refractivity contribution is 5.06. The van der Waals surface area contributed by atoms with Crippen LogP contribution in [0.1, 0.15) is 44.9 Å². The van der Waals surface area contributed by atoms with Crippen LogP contribution in [0.5, 0.6) is 0 Å². The molecule has 0 bridgehead atoms. The summed E-state index contributed by atoms with van der Waals surface area (Å²) in [4.78, 5) is 0. The van der Waals surface area contributed by atoms with Gasteiger partial charge in [-0.1, -0.05) is 31.8 Å². The van der Waals surface area contributed by atoms with Crippen LogP contribution >= 0.6 is 0 Å². The minimum Gasteiger partial charge on any atom is -0.326 e. The van der Waals surface area contributed by atoms with E-state index in [2.05, 4.69) is 16.9 Å². The molecule has 0 unspecified atom stereocenters. The first kappa shape index (κ1) is 9.07. The fraction of sp³-hybridized carbons (Fsp3) is 0.818. The third-order valence-electron chi connectivity index (χ3n) is 3.16. The monoisotopic (exact) mass is 180 g/mol. The van der Waals surface area contributed by atoms with Gasteiger partial charge in [0.1, 0.15) is 0 Å². The molecule has 0 saturated heterocycles. The summed E-state index contributed by atoms with van der Waals surface area (Å²) >= 11 is 0. The van der Waals surface area contributed by atoms with Crippen LogP contribution in [0.3, 0.4) is 0 Å². The van der Waals surface area contributed by atoms with E-state index in [0.29, 0.717) is 0 Å². The summed E-state index contributed by atoms with van der Waals surface area (Å²) in [6.07, 6.45) is 12.1. The number of nitrogens with one attached hydrogen (secondary N) is 2. The molecule has 1 aliphatic carbocycles. The maximum atomic E-state index is 3.33. The van der Waals surface area contributed by atoms with Gasteiger partial charge < -0.3 is 5.43 Å². The van der Waals surface area contributed by atoms with Crippen molar-refractivity contribution in [1.82, 2.24) is 10.9 Å². The van der Waals surface area contributed by atoms with Crippen LogP contribution in [0.25, 0.3) is 0 Å². The van der Waals surface area contributed by atoms with Crippen LogP contribution in [-0.2, 0) is 0 Å². The quantitative estimate of drug-likeness (QED) is 0.605. The van der Waals surface area contributed by atoms with Crippen molar-refractivity contribution < 1.29 is 0 Å². The standard InChI is InChI=1S/C11H20N2/c1-2-4-7-10(6-3-1)11-8-5-9-12-13-11/h8,10,12-13H,1-7,9H2. The van der Waals surface area contributed by atoms with Crippen molar-refractivity contribution >= 4 is 0 Å². The molecule has 2 rings (SSSR count). The molecule has 13 heavy (non-hydrogen) atoms. The topological polar surface area (TPSA) is 24.1 Å². The predicted octanol–water partition coefficient (Wildman–Crippen LogP) is 2.34. The van der Waals surface area contributed by atoms with Crippen molar-refractivity contribution in [3.63, 3.8) is 0 Å². The maximum Gasteiger partial charge on any atom is 0.0253 e. The fourth-order valence-corrected chi connectivity index (χ4v) is 2.37. The highest BCUT2D eigenvalue weighted by Gasteiger charge is 2.17. The van der Waals surface area contributed by atoms with E-state index in [-0.39, 0.29) is 0 Å². The lowest BCUT2D eigenvalue weighted by Gasteiger charge is -2.23. The lowest BCUT2D eigenvalue weighted by atomic mass is 9.95. The second kappa shape index (κ2) is 4.66. The zero-order valence-electron chi connectivity index (χ0n) is 8.31.